The van der Waals surface area contributed by atoms with Crippen LogP contribution in [0, 0.1) is 0 Å². The molecule has 0 N–H and O–H groups in total. The second-order valence-electron chi connectivity index (χ2n) is 16.2. The third-order valence-corrected chi connectivity index (χ3v) is 13.4. The van der Waals surface area contributed by atoms with Gasteiger partial charge in [-0.25, -0.2) is 0 Å². The Morgan fingerprint density at radius 1 is 0.246 bits per heavy atom. The molecule has 0 spiro atoms. The molecule has 0 amide bonds. The largest absolute Gasteiger partial charge is 0.310 e. The number of hydrogen-bond donors (Lipinski definition) is 0. The van der Waals surface area contributed by atoms with Crippen molar-refractivity contribution in [1.29, 1.82) is 0 Å². The van der Waals surface area contributed by atoms with Gasteiger partial charge < -0.3 is 19.3 Å². The highest BCUT2D eigenvalue weighted by Gasteiger charge is 2.21. The minimum Gasteiger partial charge on any atom is -0.310 e. The second kappa shape index (κ2) is 16.4. The van der Waals surface area contributed by atoms with Crippen LogP contribution in [0.2, 0.25) is 0 Å². The van der Waals surface area contributed by atoms with Crippen molar-refractivity contribution in [3.8, 4) is 5.69 Å². The van der Waals surface area contributed by atoms with E-state index in [2.05, 4.69) is 274 Å². The fraction of sp³-hybridized carbons (Fsp3) is 0. The quantitative estimate of drug-likeness (QED) is 0.136. The molecule has 0 radical (unpaired) electrons. The van der Waals surface area contributed by atoms with Crippen LogP contribution in [-0.4, -0.2) is 4.57 Å². The fourth-order valence-corrected chi connectivity index (χ4v) is 10.6. The number of para-hydroxylation sites is 6. The molecule has 10 aromatic carbocycles. The van der Waals surface area contributed by atoms with Crippen molar-refractivity contribution < 1.29 is 0 Å². The molecule has 2 aromatic heterocycles. The molecule has 308 valence electrons. The van der Waals surface area contributed by atoms with Crippen molar-refractivity contribution in [1.82, 2.24) is 4.57 Å². The Bertz CT molecular complexity index is 3510. The zero-order chi connectivity index (χ0) is 43.1. The van der Waals surface area contributed by atoms with Gasteiger partial charge in [0.05, 0.1) is 11.0 Å². The summed E-state index contributed by atoms with van der Waals surface area (Å²) in [6.07, 6.45) is 0. The van der Waals surface area contributed by atoms with Gasteiger partial charge in [0.1, 0.15) is 0 Å². The number of hydrogen-bond acceptors (Lipinski definition) is 4. The lowest BCUT2D eigenvalue weighted by Crippen LogP contribution is -2.10. The van der Waals surface area contributed by atoms with Crippen LogP contribution in [0.25, 0.3) is 47.7 Å². The van der Waals surface area contributed by atoms with Gasteiger partial charge in [0.15, 0.2) is 0 Å². The number of rotatable bonds is 10. The summed E-state index contributed by atoms with van der Waals surface area (Å²) in [4.78, 5) is 7.06. The van der Waals surface area contributed by atoms with Gasteiger partial charge in [0.2, 0.25) is 0 Å². The van der Waals surface area contributed by atoms with Crippen LogP contribution in [-0.2, 0) is 0 Å². The third-order valence-electron chi connectivity index (χ3n) is 12.3. The molecule has 12 rings (SSSR count). The molecule has 0 atom stereocenters. The number of aromatic nitrogens is 1. The van der Waals surface area contributed by atoms with Crippen LogP contribution < -0.4 is 14.7 Å². The highest BCUT2D eigenvalue weighted by atomic mass is 32.1. The molecule has 0 fully saturated rings. The van der Waals surface area contributed by atoms with E-state index in [1.807, 2.05) is 11.3 Å². The lowest BCUT2D eigenvalue weighted by molar-refractivity contribution is 1.17. The van der Waals surface area contributed by atoms with Crippen LogP contribution in [0.15, 0.2) is 255 Å². The standard InChI is InChI=1S/C60H42N4S/c1-7-19-43(20-8-1)61(44-21-9-2-10-22-44)49-31-35-53-54-36-32-50(40-58(54)64(57(53)39-49)48-29-17-6-18-30-48)63(47-27-15-5-16-28-47)52-34-38-56-55-37-33-51(41-59(55)65-60(56)42-52)62(45-23-11-3-12-24-45)46-25-13-4-14-26-46/h1-42H. The Kier molecular flexibility index (Phi) is 9.66. The molecular formula is C60H42N4S. The van der Waals surface area contributed by atoms with E-state index in [-0.39, 0.29) is 0 Å². The molecule has 5 heteroatoms. The summed E-state index contributed by atoms with van der Waals surface area (Å²) in [5.74, 6) is 0. The lowest BCUT2D eigenvalue weighted by Gasteiger charge is -2.26. The summed E-state index contributed by atoms with van der Waals surface area (Å²) < 4.78 is 4.93. The molecule has 0 bridgehead atoms. The van der Waals surface area contributed by atoms with Crippen molar-refractivity contribution in [2.75, 3.05) is 14.7 Å². The predicted molar refractivity (Wildman–Crippen MR) is 278 cm³/mol. The van der Waals surface area contributed by atoms with Gasteiger partial charge in [-0.1, -0.05) is 133 Å². The van der Waals surface area contributed by atoms with Crippen LogP contribution in [0.1, 0.15) is 0 Å². The minimum atomic E-state index is 1.09. The van der Waals surface area contributed by atoms with Gasteiger partial charge >= 0.3 is 0 Å². The average molecular weight is 851 g/mol. The Morgan fingerprint density at radius 3 is 0.862 bits per heavy atom. The molecule has 0 aliphatic heterocycles. The topological polar surface area (TPSA) is 14.7 Å². The van der Waals surface area contributed by atoms with E-state index in [9.17, 15) is 0 Å². The zero-order valence-corrected chi connectivity index (χ0v) is 36.3. The molecule has 0 saturated carbocycles. The molecule has 2 heterocycles. The maximum Gasteiger partial charge on any atom is 0.0561 e. The van der Waals surface area contributed by atoms with E-state index < -0.39 is 0 Å². The highest BCUT2D eigenvalue weighted by Crippen LogP contribution is 2.45. The van der Waals surface area contributed by atoms with Crippen LogP contribution in [0.5, 0.6) is 0 Å². The molecule has 0 aliphatic carbocycles. The number of nitrogens with zero attached hydrogens (tertiary/aromatic N) is 4. The van der Waals surface area contributed by atoms with Crippen molar-refractivity contribution in [3.05, 3.63) is 255 Å². The number of anilines is 9. The Balaban J connectivity index is 1.01. The monoisotopic (exact) mass is 850 g/mol. The first-order valence-corrected chi connectivity index (χ1v) is 22.8. The summed E-state index contributed by atoms with van der Waals surface area (Å²) in [5, 5.41) is 4.93. The molecule has 0 aliphatic rings. The number of benzene rings is 10. The molecule has 4 nitrogen and oxygen atoms in total. The molecular weight excluding hydrogens is 809 g/mol. The normalized spacial score (nSPS) is 11.4. The first kappa shape index (κ1) is 38.3. The zero-order valence-electron chi connectivity index (χ0n) is 35.4. The van der Waals surface area contributed by atoms with Gasteiger partial charge in [-0.15, -0.1) is 11.3 Å². The molecule has 65 heavy (non-hydrogen) atoms. The average Bonchev–Trinajstić information content (AvgIpc) is 3.90. The first-order chi connectivity index (χ1) is 32.2. The molecule has 12 aromatic rings. The summed E-state index contributed by atoms with van der Waals surface area (Å²) >= 11 is 1.85. The molecule has 0 saturated heterocycles. The van der Waals surface area contributed by atoms with Gasteiger partial charge in [-0.05, 0) is 121 Å². The van der Waals surface area contributed by atoms with Crippen molar-refractivity contribution in [2.24, 2.45) is 0 Å². The van der Waals surface area contributed by atoms with E-state index in [4.69, 9.17) is 0 Å². The van der Waals surface area contributed by atoms with E-state index in [1.165, 1.54) is 30.9 Å². The van der Waals surface area contributed by atoms with Gasteiger partial charge in [0.25, 0.3) is 0 Å². The van der Waals surface area contributed by atoms with Crippen molar-refractivity contribution in [2.45, 2.75) is 0 Å². The van der Waals surface area contributed by atoms with Crippen LogP contribution in [0.3, 0.4) is 0 Å². The Labute approximate surface area is 382 Å². The highest BCUT2D eigenvalue weighted by molar-refractivity contribution is 7.25. The fourth-order valence-electron chi connectivity index (χ4n) is 9.39. The smallest absolute Gasteiger partial charge is 0.0561 e. The predicted octanol–water partition coefficient (Wildman–Crippen LogP) is 17.6. The number of thiophene rings is 1. The molecule has 0 unspecified atom stereocenters. The maximum absolute atomic E-state index is 2.43. The Morgan fingerprint density at radius 2 is 0.523 bits per heavy atom. The minimum absolute atomic E-state index is 1.09. The second-order valence-corrected chi connectivity index (χ2v) is 17.3. The van der Waals surface area contributed by atoms with Crippen molar-refractivity contribution >= 4 is 105 Å². The first-order valence-electron chi connectivity index (χ1n) is 22.0. The van der Waals surface area contributed by atoms with Gasteiger partial charge in [0, 0.05) is 87.8 Å². The van der Waals surface area contributed by atoms with Crippen LogP contribution in [0.4, 0.5) is 51.2 Å². The SMILES string of the molecule is c1ccc(N(c2ccccc2)c2ccc3c(c2)sc2cc(N(c4ccccc4)c4ccc5c6ccc(N(c7ccccc7)c7ccccc7)cc6n(-c6ccccc6)c5c4)ccc23)cc1. The van der Waals surface area contributed by atoms with E-state index in [0.29, 0.717) is 0 Å². The van der Waals surface area contributed by atoms with E-state index >= 15 is 0 Å². The summed E-state index contributed by atoms with van der Waals surface area (Å²) in [6.45, 7) is 0. The summed E-state index contributed by atoms with van der Waals surface area (Å²) in [5.41, 5.74) is 13.4. The van der Waals surface area contributed by atoms with E-state index in [1.54, 1.807) is 0 Å². The van der Waals surface area contributed by atoms with E-state index in [0.717, 1.165) is 67.9 Å². The third kappa shape index (κ3) is 6.96. The number of fused-ring (bicyclic) bond motifs is 6. The summed E-state index contributed by atoms with van der Waals surface area (Å²) in [6, 6.07) is 91.7. The Hall–Kier alpha value is -8.38. The van der Waals surface area contributed by atoms with Crippen LogP contribution >= 0.6 is 11.3 Å². The van der Waals surface area contributed by atoms with Gasteiger partial charge in [-0.3, -0.25) is 0 Å². The van der Waals surface area contributed by atoms with Crippen molar-refractivity contribution in [3.63, 3.8) is 0 Å². The maximum atomic E-state index is 2.43. The lowest BCUT2D eigenvalue weighted by atomic mass is 10.1. The summed E-state index contributed by atoms with van der Waals surface area (Å²) in [7, 11) is 0. The van der Waals surface area contributed by atoms with Gasteiger partial charge in [-0.2, -0.15) is 0 Å².